The van der Waals surface area contributed by atoms with Crippen LogP contribution < -0.4 is 0 Å². The van der Waals surface area contributed by atoms with Gasteiger partial charge in [0.25, 0.3) is 0 Å². The van der Waals surface area contributed by atoms with Gasteiger partial charge in [-0.3, -0.25) is 0 Å². The first kappa shape index (κ1) is 13.5. The molecule has 0 aliphatic carbocycles. The van der Waals surface area contributed by atoms with Gasteiger partial charge >= 0.3 is 5.97 Å². The van der Waals surface area contributed by atoms with E-state index in [1.807, 2.05) is 60.7 Å². The number of rotatable bonds is 4. The topological polar surface area (TPSA) is 50.2 Å². The fraction of sp³-hybridized carbons (Fsp3) is 0.0588. The maximum Gasteiger partial charge on any atom is 0.355 e. The van der Waals surface area contributed by atoms with Crippen LogP contribution in [-0.4, -0.2) is 16.1 Å². The van der Waals surface area contributed by atoms with Crippen LogP contribution in [0.5, 0.6) is 0 Å². The van der Waals surface area contributed by atoms with Crippen molar-refractivity contribution in [3.63, 3.8) is 0 Å². The molecule has 21 heavy (non-hydrogen) atoms. The summed E-state index contributed by atoms with van der Waals surface area (Å²) in [6, 6.07) is 19.5. The Morgan fingerprint density at radius 1 is 1.00 bits per heavy atom. The van der Waals surface area contributed by atoms with Crippen molar-refractivity contribution in [3.8, 4) is 10.6 Å². The summed E-state index contributed by atoms with van der Waals surface area (Å²) in [7, 11) is 0. The van der Waals surface area contributed by atoms with E-state index in [1.165, 1.54) is 11.3 Å². The van der Waals surface area contributed by atoms with Gasteiger partial charge in [-0.15, -0.1) is 11.3 Å². The normalized spacial score (nSPS) is 10.5. The van der Waals surface area contributed by atoms with Crippen LogP contribution in [0.3, 0.4) is 0 Å². The molecule has 0 atom stereocenters. The minimum absolute atomic E-state index is 0.155. The van der Waals surface area contributed by atoms with Gasteiger partial charge in [-0.1, -0.05) is 60.7 Å². The van der Waals surface area contributed by atoms with Crippen molar-refractivity contribution in [2.24, 2.45) is 0 Å². The van der Waals surface area contributed by atoms with Gasteiger partial charge in [0.1, 0.15) is 5.01 Å². The molecule has 3 rings (SSSR count). The van der Waals surface area contributed by atoms with Crippen LogP contribution in [0.4, 0.5) is 0 Å². The maximum absolute atomic E-state index is 11.4. The van der Waals surface area contributed by atoms with Crippen LogP contribution in [0.1, 0.15) is 20.9 Å². The molecule has 0 spiro atoms. The van der Waals surface area contributed by atoms with Gasteiger partial charge in [-0.05, 0) is 5.56 Å². The SMILES string of the molecule is O=C(O)c1nc(-c2ccccc2)sc1Cc1ccccc1. The predicted molar refractivity (Wildman–Crippen MR) is 83.8 cm³/mol. The van der Waals surface area contributed by atoms with E-state index in [0.717, 1.165) is 21.0 Å². The molecule has 3 aromatic rings. The largest absolute Gasteiger partial charge is 0.476 e. The first-order valence-corrected chi connectivity index (χ1v) is 7.38. The van der Waals surface area contributed by atoms with E-state index >= 15 is 0 Å². The molecule has 4 heteroatoms. The molecule has 0 aliphatic heterocycles. The summed E-state index contributed by atoms with van der Waals surface area (Å²) in [5.41, 5.74) is 2.19. The van der Waals surface area contributed by atoms with Gasteiger partial charge in [0.2, 0.25) is 0 Å². The van der Waals surface area contributed by atoms with Crippen LogP contribution in [0, 0.1) is 0 Å². The first-order chi connectivity index (χ1) is 10.2. The van der Waals surface area contributed by atoms with Gasteiger partial charge in [0.05, 0.1) is 0 Å². The van der Waals surface area contributed by atoms with Crippen molar-refractivity contribution >= 4 is 17.3 Å². The third kappa shape index (κ3) is 3.01. The number of carbonyl (C=O) groups is 1. The molecule has 1 aromatic heterocycles. The molecule has 1 N–H and O–H groups in total. The lowest BCUT2D eigenvalue weighted by molar-refractivity contribution is 0.0690. The van der Waals surface area contributed by atoms with Gasteiger partial charge < -0.3 is 5.11 Å². The molecule has 3 nitrogen and oxygen atoms in total. The lowest BCUT2D eigenvalue weighted by Crippen LogP contribution is -2.01. The molecular formula is C17H13NO2S. The number of hydrogen-bond donors (Lipinski definition) is 1. The Balaban J connectivity index is 2.00. The highest BCUT2D eigenvalue weighted by Crippen LogP contribution is 2.29. The van der Waals surface area contributed by atoms with Gasteiger partial charge in [0, 0.05) is 16.9 Å². The zero-order valence-corrected chi connectivity index (χ0v) is 12.0. The zero-order valence-electron chi connectivity index (χ0n) is 11.2. The Bertz CT molecular complexity index is 751. The molecule has 2 aromatic carbocycles. The Kier molecular flexibility index (Phi) is 3.79. The van der Waals surface area contributed by atoms with Gasteiger partial charge in [-0.25, -0.2) is 9.78 Å². The van der Waals surface area contributed by atoms with E-state index in [4.69, 9.17) is 0 Å². The van der Waals surface area contributed by atoms with Crippen molar-refractivity contribution in [3.05, 3.63) is 76.8 Å². The minimum atomic E-state index is -0.973. The summed E-state index contributed by atoms with van der Waals surface area (Å²) < 4.78 is 0. The molecule has 0 radical (unpaired) electrons. The number of benzene rings is 2. The predicted octanol–water partition coefficient (Wildman–Crippen LogP) is 4.10. The van der Waals surface area contributed by atoms with Crippen LogP contribution >= 0.6 is 11.3 Å². The fourth-order valence-electron chi connectivity index (χ4n) is 2.12. The number of hydrogen-bond acceptors (Lipinski definition) is 3. The molecule has 0 saturated heterocycles. The van der Waals surface area contributed by atoms with Crippen LogP contribution in [-0.2, 0) is 6.42 Å². The van der Waals surface area contributed by atoms with Gasteiger partial charge in [0.15, 0.2) is 5.69 Å². The van der Waals surface area contributed by atoms with Crippen molar-refractivity contribution < 1.29 is 9.90 Å². The van der Waals surface area contributed by atoms with Crippen LogP contribution in [0.2, 0.25) is 0 Å². The standard InChI is InChI=1S/C17H13NO2S/c19-17(20)15-14(11-12-7-3-1-4-8-12)21-16(18-15)13-9-5-2-6-10-13/h1-10H,11H2,(H,19,20). The molecule has 0 saturated carbocycles. The average molecular weight is 295 g/mol. The Morgan fingerprint density at radius 2 is 1.62 bits per heavy atom. The first-order valence-electron chi connectivity index (χ1n) is 6.56. The number of carboxylic acids is 1. The van der Waals surface area contributed by atoms with E-state index in [-0.39, 0.29) is 5.69 Å². The number of carboxylic acid groups (broad SMARTS) is 1. The minimum Gasteiger partial charge on any atom is -0.476 e. The molecular weight excluding hydrogens is 282 g/mol. The second-order valence-electron chi connectivity index (χ2n) is 4.62. The maximum atomic E-state index is 11.4. The van der Waals surface area contributed by atoms with Crippen molar-refractivity contribution in [1.29, 1.82) is 0 Å². The summed E-state index contributed by atoms with van der Waals surface area (Å²) in [4.78, 5) is 16.5. The number of aromatic carboxylic acids is 1. The van der Waals surface area contributed by atoms with E-state index < -0.39 is 5.97 Å². The number of thiazole rings is 1. The Hall–Kier alpha value is -2.46. The lowest BCUT2D eigenvalue weighted by atomic mass is 10.1. The van der Waals surface area contributed by atoms with Crippen molar-refractivity contribution in [1.82, 2.24) is 4.98 Å². The fourth-order valence-corrected chi connectivity index (χ4v) is 3.22. The van der Waals surface area contributed by atoms with Gasteiger partial charge in [-0.2, -0.15) is 0 Å². The van der Waals surface area contributed by atoms with Crippen LogP contribution in [0.15, 0.2) is 60.7 Å². The molecule has 0 aliphatic rings. The van der Waals surface area contributed by atoms with E-state index in [1.54, 1.807) is 0 Å². The Labute approximate surface area is 126 Å². The van der Waals surface area contributed by atoms with Crippen molar-refractivity contribution in [2.45, 2.75) is 6.42 Å². The molecule has 1 heterocycles. The second kappa shape index (κ2) is 5.89. The third-order valence-electron chi connectivity index (χ3n) is 3.13. The third-order valence-corrected chi connectivity index (χ3v) is 4.23. The van der Waals surface area contributed by atoms with Crippen molar-refractivity contribution in [2.75, 3.05) is 0 Å². The average Bonchev–Trinajstić information content (AvgIpc) is 2.93. The molecule has 0 bridgehead atoms. The van der Waals surface area contributed by atoms with Crippen LogP contribution in [0.25, 0.3) is 10.6 Å². The van der Waals surface area contributed by atoms with E-state index in [2.05, 4.69) is 4.98 Å². The number of nitrogens with zero attached hydrogens (tertiary/aromatic N) is 1. The zero-order chi connectivity index (χ0) is 14.7. The van der Waals surface area contributed by atoms with E-state index in [9.17, 15) is 9.90 Å². The number of aromatic nitrogens is 1. The highest BCUT2D eigenvalue weighted by atomic mass is 32.1. The summed E-state index contributed by atoms with van der Waals surface area (Å²) >= 11 is 1.44. The smallest absolute Gasteiger partial charge is 0.355 e. The summed E-state index contributed by atoms with van der Waals surface area (Å²) in [5, 5.41) is 10.1. The monoisotopic (exact) mass is 295 g/mol. The quantitative estimate of drug-likeness (QED) is 0.788. The highest BCUT2D eigenvalue weighted by Gasteiger charge is 2.18. The molecule has 0 fully saturated rings. The van der Waals surface area contributed by atoms with E-state index in [0.29, 0.717) is 6.42 Å². The Morgan fingerprint density at radius 3 is 2.24 bits per heavy atom. The molecule has 104 valence electrons. The summed E-state index contributed by atoms with van der Waals surface area (Å²) in [5.74, 6) is -0.973. The lowest BCUT2D eigenvalue weighted by Gasteiger charge is -1.98. The molecule has 0 unspecified atom stereocenters. The summed E-state index contributed by atoms with van der Waals surface area (Å²) in [6.45, 7) is 0. The highest BCUT2D eigenvalue weighted by molar-refractivity contribution is 7.15. The second-order valence-corrected chi connectivity index (χ2v) is 5.71. The summed E-state index contributed by atoms with van der Waals surface area (Å²) in [6.07, 6.45) is 0.590. The molecule has 0 amide bonds.